The van der Waals surface area contributed by atoms with Crippen LogP contribution in [0.5, 0.6) is 0 Å². The van der Waals surface area contributed by atoms with E-state index in [0.717, 1.165) is 28.1 Å². The third kappa shape index (κ3) is 3.46. The average Bonchev–Trinajstić information content (AvgIpc) is 3.08. The third-order valence-electron chi connectivity index (χ3n) is 4.92. The van der Waals surface area contributed by atoms with Gasteiger partial charge in [0.2, 0.25) is 10.0 Å². The van der Waals surface area contributed by atoms with E-state index in [1.165, 1.54) is 22.2 Å². The fourth-order valence-electron chi connectivity index (χ4n) is 3.45. The molecule has 158 valence electrons. The van der Waals surface area contributed by atoms with Gasteiger partial charge in [-0.3, -0.25) is 9.36 Å². The molecule has 1 aliphatic heterocycles. The van der Waals surface area contributed by atoms with Crippen LogP contribution in [0.2, 0.25) is 0 Å². The van der Waals surface area contributed by atoms with Crippen LogP contribution >= 0.6 is 11.3 Å². The lowest BCUT2D eigenvalue weighted by atomic mass is 10.1. The predicted octanol–water partition coefficient (Wildman–Crippen LogP) is 3.41. The first-order valence-electron chi connectivity index (χ1n) is 8.91. The lowest BCUT2D eigenvalue weighted by molar-refractivity contribution is -0.137. The summed E-state index contributed by atoms with van der Waals surface area (Å²) in [4.78, 5) is 17.8. The molecular formula is C19H16F3N3O3S2. The van der Waals surface area contributed by atoms with Crippen LogP contribution in [0.3, 0.4) is 0 Å². The normalized spacial score (nSPS) is 15.3. The van der Waals surface area contributed by atoms with Crippen molar-refractivity contribution in [3.8, 4) is 0 Å². The maximum atomic E-state index is 13.0. The monoisotopic (exact) mass is 455 g/mol. The number of hydrogen-bond donors (Lipinski definition) is 0. The minimum absolute atomic E-state index is 0.0180. The second kappa shape index (κ2) is 7.33. The van der Waals surface area contributed by atoms with E-state index in [9.17, 15) is 26.4 Å². The maximum Gasteiger partial charge on any atom is 0.416 e. The Kier molecular flexibility index (Phi) is 5.07. The van der Waals surface area contributed by atoms with Gasteiger partial charge in [0.25, 0.3) is 5.56 Å². The molecule has 0 aliphatic carbocycles. The van der Waals surface area contributed by atoms with E-state index < -0.39 is 26.7 Å². The smallest absolute Gasteiger partial charge is 0.295 e. The van der Waals surface area contributed by atoms with Crippen molar-refractivity contribution in [3.63, 3.8) is 0 Å². The highest BCUT2D eigenvalue weighted by atomic mass is 32.2. The zero-order valence-electron chi connectivity index (χ0n) is 15.5. The molecule has 2 aromatic heterocycles. The Hall–Kier alpha value is -2.50. The summed E-state index contributed by atoms with van der Waals surface area (Å²) in [6.45, 7) is 3.96. The Morgan fingerprint density at radius 3 is 2.77 bits per heavy atom. The van der Waals surface area contributed by atoms with E-state index >= 15 is 0 Å². The van der Waals surface area contributed by atoms with Crippen molar-refractivity contribution >= 4 is 31.6 Å². The highest BCUT2D eigenvalue weighted by Gasteiger charge is 2.35. The summed E-state index contributed by atoms with van der Waals surface area (Å²) in [5.41, 5.74) is -0.483. The second-order valence-electron chi connectivity index (χ2n) is 6.79. The summed E-state index contributed by atoms with van der Waals surface area (Å²) in [5, 5.41) is 0.468. The van der Waals surface area contributed by atoms with E-state index in [1.54, 1.807) is 6.08 Å². The van der Waals surface area contributed by atoms with E-state index in [2.05, 4.69) is 11.6 Å². The third-order valence-corrected chi connectivity index (χ3v) is 7.88. The molecule has 6 nitrogen and oxygen atoms in total. The molecule has 0 spiro atoms. The number of hydrogen-bond acceptors (Lipinski definition) is 5. The summed E-state index contributed by atoms with van der Waals surface area (Å²) >= 11 is 1.23. The minimum atomic E-state index is -4.64. The van der Waals surface area contributed by atoms with Crippen LogP contribution in [-0.4, -0.2) is 28.8 Å². The van der Waals surface area contributed by atoms with E-state index in [1.807, 2.05) is 0 Å². The van der Waals surface area contributed by atoms with Gasteiger partial charge in [0, 0.05) is 24.5 Å². The number of rotatable bonds is 4. The molecule has 30 heavy (non-hydrogen) atoms. The van der Waals surface area contributed by atoms with Gasteiger partial charge < -0.3 is 0 Å². The quantitative estimate of drug-likeness (QED) is 0.566. The highest BCUT2D eigenvalue weighted by molar-refractivity contribution is 7.89. The first kappa shape index (κ1) is 20.8. The lowest BCUT2D eigenvalue weighted by Gasteiger charge is -2.26. The second-order valence-corrected chi connectivity index (χ2v) is 9.81. The summed E-state index contributed by atoms with van der Waals surface area (Å²) in [6, 6.07) is 3.71. The zero-order valence-corrected chi connectivity index (χ0v) is 17.1. The molecule has 0 atom stereocenters. The molecule has 0 N–H and O–H groups in total. The topological polar surface area (TPSA) is 72.3 Å². The number of aromatic nitrogens is 2. The van der Waals surface area contributed by atoms with Gasteiger partial charge >= 0.3 is 6.18 Å². The largest absolute Gasteiger partial charge is 0.416 e. The Morgan fingerprint density at radius 1 is 1.30 bits per heavy atom. The van der Waals surface area contributed by atoms with Crippen molar-refractivity contribution < 1.29 is 21.6 Å². The summed E-state index contributed by atoms with van der Waals surface area (Å²) in [7, 11) is -4.13. The van der Waals surface area contributed by atoms with Gasteiger partial charge in [-0.25, -0.2) is 13.4 Å². The van der Waals surface area contributed by atoms with E-state index in [-0.39, 0.29) is 25.1 Å². The minimum Gasteiger partial charge on any atom is -0.295 e. The van der Waals surface area contributed by atoms with Crippen LogP contribution in [0.4, 0.5) is 13.2 Å². The molecular weight excluding hydrogens is 439 g/mol. The van der Waals surface area contributed by atoms with Crippen molar-refractivity contribution in [1.82, 2.24) is 13.9 Å². The summed E-state index contributed by atoms with van der Waals surface area (Å²) in [5.74, 6) is 0. The van der Waals surface area contributed by atoms with Gasteiger partial charge in [0.1, 0.15) is 4.83 Å². The SMILES string of the molecule is C=CCn1cnc2sc3c(c2c1=O)CCN(S(=O)(=O)c1cccc(C(F)(F)F)c1)C3. The molecule has 3 aromatic rings. The molecule has 0 bridgehead atoms. The first-order valence-corrected chi connectivity index (χ1v) is 11.2. The zero-order chi connectivity index (χ0) is 21.7. The lowest BCUT2D eigenvalue weighted by Crippen LogP contribution is -2.35. The van der Waals surface area contributed by atoms with Crippen LogP contribution in [-0.2, 0) is 35.7 Å². The highest BCUT2D eigenvalue weighted by Crippen LogP contribution is 2.35. The number of fused-ring (bicyclic) bond motifs is 3. The number of allylic oxidation sites excluding steroid dienone is 1. The Morgan fingerprint density at radius 2 is 2.07 bits per heavy atom. The van der Waals surface area contributed by atoms with Gasteiger partial charge in [-0.1, -0.05) is 12.1 Å². The van der Waals surface area contributed by atoms with Crippen LogP contribution < -0.4 is 5.56 Å². The van der Waals surface area contributed by atoms with Gasteiger partial charge in [0.15, 0.2) is 0 Å². The molecule has 0 amide bonds. The van der Waals surface area contributed by atoms with E-state index in [4.69, 9.17) is 0 Å². The van der Waals surface area contributed by atoms with Crippen LogP contribution in [0, 0.1) is 0 Å². The molecule has 0 radical (unpaired) electrons. The molecule has 11 heteroatoms. The first-order chi connectivity index (χ1) is 14.1. The van der Waals surface area contributed by atoms with Crippen molar-refractivity contribution in [1.29, 1.82) is 0 Å². The molecule has 0 fully saturated rings. The molecule has 1 aliphatic rings. The number of alkyl halides is 3. The van der Waals surface area contributed by atoms with Gasteiger partial charge in [0.05, 0.1) is 22.2 Å². The number of halogens is 3. The van der Waals surface area contributed by atoms with Crippen molar-refractivity contribution in [2.75, 3.05) is 6.54 Å². The fraction of sp³-hybridized carbons (Fsp3) is 0.263. The average molecular weight is 455 g/mol. The molecule has 0 unspecified atom stereocenters. The number of thiophene rings is 1. The number of benzene rings is 1. The summed E-state index contributed by atoms with van der Waals surface area (Å²) < 4.78 is 67.5. The predicted molar refractivity (Wildman–Crippen MR) is 107 cm³/mol. The van der Waals surface area contributed by atoms with Crippen LogP contribution in [0.15, 0.2) is 52.9 Å². The molecule has 0 saturated carbocycles. The van der Waals surface area contributed by atoms with Crippen LogP contribution in [0.1, 0.15) is 16.0 Å². The fourth-order valence-corrected chi connectivity index (χ4v) is 6.18. The Labute approximate surface area is 173 Å². The molecule has 3 heterocycles. The Bertz CT molecular complexity index is 1310. The van der Waals surface area contributed by atoms with E-state index in [0.29, 0.717) is 27.7 Å². The van der Waals surface area contributed by atoms with Gasteiger partial charge in [-0.05, 0) is 30.2 Å². The standard InChI is InChI=1S/C19H16F3N3O3S2/c1-2-7-24-11-23-17-16(18(24)26)14-6-8-25(10-15(14)29-17)30(27,28)13-5-3-4-12(9-13)19(20,21)22/h2-5,9,11H,1,6-8,10H2. The Balaban J connectivity index is 1.72. The molecule has 0 saturated heterocycles. The van der Waals surface area contributed by atoms with Gasteiger partial charge in [-0.2, -0.15) is 17.5 Å². The number of sulfonamides is 1. The maximum absolute atomic E-state index is 13.0. The van der Waals surface area contributed by atoms with Crippen LogP contribution in [0.25, 0.3) is 10.2 Å². The summed E-state index contributed by atoms with van der Waals surface area (Å²) in [6.07, 6.45) is -1.35. The van der Waals surface area contributed by atoms with Crippen molar-refractivity contribution in [2.24, 2.45) is 0 Å². The van der Waals surface area contributed by atoms with Crippen molar-refractivity contribution in [2.45, 2.75) is 30.6 Å². The molecule has 1 aromatic carbocycles. The van der Waals surface area contributed by atoms with Gasteiger partial charge in [-0.15, -0.1) is 17.9 Å². The van der Waals surface area contributed by atoms with Crippen molar-refractivity contribution in [3.05, 3.63) is 69.6 Å². The molecule has 4 rings (SSSR count). The number of nitrogens with zero attached hydrogens (tertiary/aromatic N) is 3.